The zero-order valence-corrected chi connectivity index (χ0v) is 12.4. The van der Waals surface area contributed by atoms with Gasteiger partial charge in [0.25, 0.3) is 0 Å². The summed E-state index contributed by atoms with van der Waals surface area (Å²) in [5, 5.41) is 0. The van der Waals surface area contributed by atoms with Gasteiger partial charge in [-0.2, -0.15) is 0 Å². The molecule has 0 aromatic carbocycles. The Balaban J connectivity index is 3.50. The average Bonchev–Trinajstić information content (AvgIpc) is 2.28. The summed E-state index contributed by atoms with van der Waals surface area (Å²) in [5.41, 5.74) is 0. The lowest BCUT2D eigenvalue weighted by Crippen LogP contribution is -2.08. The van der Waals surface area contributed by atoms with Crippen molar-refractivity contribution in [2.45, 2.75) is 86.0 Å². The summed E-state index contributed by atoms with van der Waals surface area (Å²) in [5.74, 6) is 2.80. The van der Waals surface area contributed by atoms with Crippen LogP contribution in [0.4, 0.5) is 0 Å². The van der Waals surface area contributed by atoms with Crippen LogP contribution in [-0.2, 0) is 0 Å². The second kappa shape index (κ2) is 10.2. The van der Waals surface area contributed by atoms with E-state index in [0.717, 1.165) is 17.8 Å². The van der Waals surface area contributed by atoms with Gasteiger partial charge in [-0.05, 0) is 17.8 Å². The molecule has 98 valence electrons. The fraction of sp³-hybridized carbons (Fsp3) is 1.00. The van der Waals surface area contributed by atoms with Crippen LogP contribution in [0.3, 0.4) is 0 Å². The topological polar surface area (TPSA) is 0 Å². The van der Waals surface area contributed by atoms with Gasteiger partial charge in [-0.25, -0.2) is 0 Å². The van der Waals surface area contributed by atoms with E-state index >= 15 is 0 Å². The highest BCUT2D eigenvalue weighted by atomic mass is 14.2. The molecule has 0 heteroatoms. The summed E-state index contributed by atoms with van der Waals surface area (Å²) < 4.78 is 0. The van der Waals surface area contributed by atoms with Crippen LogP contribution in [-0.4, -0.2) is 0 Å². The molecule has 0 aromatic rings. The van der Waals surface area contributed by atoms with Crippen LogP contribution >= 0.6 is 0 Å². The van der Waals surface area contributed by atoms with Gasteiger partial charge in [0.2, 0.25) is 0 Å². The SMILES string of the molecule is CCCCCC(C)C(C)CCCC(C)CC. The van der Waals surface area contributed by atoms with Crippen LogP contribution in [0.5, 0.6) is 0 Å². The van der Waals surface area contributed by atoms with E-state index in [1.165, 1.54) is 51.4 Å². The van der Waals surface area contributed by atoms with Gasteiger partial charge in [-0.3, -0.25) is 0 Å². The van der Waals surface area contributed by atoms with Gasteiger partial charge in [0.05, 0.1) is 0 Å². The van der Waals surface area contributed by atoms with Crippen molar-refractivity contribution >= 4 is 0 Å². The molecule has 16 heavy (non-hydrogen) atoms. The van der Waals surface area contributed by atoms with Gasteiger partial charge >= 0.3 is 0 Å². The summed E-state index contributed by atoms with van der Waals surface area (Å²) in [7, 11) is 0. The summed E-state index contributed by atoms with van der Waals surface area (Å²) in [6.07, 6.45) is 11.3. The molecule has 0 aromatic heterocycles. The van der Waals surface area contributed by atoms with Gasteiger partial charge in [0.1, 0.15) is 0 Å². The third-order valence-electron chi connectivity index (χ3n) is 4.29. The highest BCUT2D eigenvalue weighted by molar-refractivity contribution is 4.63. The highest BCUT2D eigenvalue weighted by Gasteiger charge is 2.11. The van der Waals surface area contributed by atoms with E-state index in [2.05, 4.69) is 34.6 Å². The number of rotatable bonds is 10. The molecule has 0 rings (SSSR count). The molecule has 0 heterocycles. The van der Waals surface area contributed by atoms with Gasteiger partial charge in [0, 0.05) is 0 Å². The predicted octanol–water partition coefficient (Wildman–Crippen LogP) is 6.06. The first-order chi connectivity index (χ1) is 7.61. The Labute approximate surface area is 104 Å². The minimum absolute atomic E-state index is 0.931. The van der Waals surface area contributed by atoms with E-state index in [1.54, 1.807) is 0 Å². The lowest BCUT2D eigenvalue weighted by molar-refractivity contribution is 0.315. The summed E-state index contributed by atoms with van der Waals surface area (Å²) >= 11 is 0. The van der Waals surface area contributed by atoms with Crippen LogP contribution in [0, 0.1) is 17.8 Å². The van der Waals surface area contributed by atoms with Gasteiger partial charge < -0.3 is 0 Å². The molecule has 0 aliphatic carbocycles. The first kappa shape index (κ1) is 16.0. The smallest absolute Gasteiger partial charge is 0.0417 e. The Morgan fingerprint density at radius 2 is 1.25 bits per heavy atom. The standard InChI is InChI=1S/C16H34/c1-6-8-9-12-15(4)16(5)13-10-11-14(3)7-2/h14-16H,6-13H2,1-5H3. The fourth-order valence-electron chi connectivity index (χ4n) is 2.28. The number of hydrogen-bond acceptors (Lipinski definition) is 0. The van der Waals surface area contributed by atoms with E-state index in [4.69, 9.17) is 0 Å². The molecule has 0 aliphatic rings. The Bertz CT molecular complexity index is 139. The second-order valence-electron chi connectivity index (χ2n) is 5.89. The van der Waals surface area contributed by atoms with E-state index in [1.807, 2.05) is 0 Å². The van der Waals surface area contributed by atoms with Crippen molar-refractivity contribution in [1.29, 1.82) is 0 Å². The van der Waals surface area contributed by atoms with Crippen molar-refractivity contribution in [3.63, 3.8) is 0 Å². The van der Waals surface area contributed by atoms with Crippen molar-refractivity contribution in [3.8, 4) is 0 Å². The van der Waals surface area contributed by atoms with Crippen LogP contribution in [0.25, 0.3) is 0 Å². The van der Waals surface area contributed by atoms with Crippen molar-refractivity contribution < 1.29 is 0 Å². The number of unbranched alkanes of at least 4 members (excludes halogenated alkanes) is 2. The lowest BCUT2D eigenvalue weighted by atomic mass is 9.86. The van der Waals surface area contributed by atoms with E-state index < -0.39 is 0 Å². The molecular weight excluding hydrogens is 192 g/mol. The second-order valence-corrected chi connectivity index (χ2v) is 5.89. The molecule has 3 atom stereocenters. The number of hydrogen-bond donors (Lipinski definition) is 0. The molecular formula is C16H34. The predicted molar refractivity (Wildman–Crippen MR) is 75.8 cm³/mol. The first-order valence-electron chi connectivity index (χ1n) is 7.61. The third-order valence-corrected chi connectivity index (χ3v) is 4.29. The van der Waals surface area contributed by atoms with Crippen molar-refractivity contribution in [2.75, 3.05) is 0 Å². The molecule has 0 amide bonds. The van der Waals surface area contributed by atoms with Crippen molar-refractivity contribution in [1.82, 2.24) is 0 Å². The minimum Gasteiger partial charge on any atom is -0.0654 e. The van der Waals surface area contributed by atoms with Gasteiger partial charge in [-0.15, -0.1) is 0 Å². The molecule has 0 spiro atoms. The summed E-state index contributed by atoms with van der Waals surface area (Å²) in [6, 6.07) is 0. The van der Waals surface area contributed by atoms with E-state index in [-0.39, 0.29) is 0 Å². The maximum absolute atomic E-state index is 2.45. The molecule has 0 radical (unpaired) electrons. The Morgan fingerprint density at radius 3 is 1.75 bits per heavy atom. The normalized spacial score (nSPS) is 17.1. The maximum atomic E-state index is 2.45. The van der Waals surface area contributed by atoms with Crippen LogP contribution in [0.15, 0.2) is 0 Å². The maximum Gasteiger partial charge on any atom is -0.0417 e. The molecule has 3 unspecified atom stereocenters. The minimum atomic E-state index is 0.931. The van der Waals surface area contributed by atoms with Crippen LogP contribution in [0.2, 0.25) is 0 Å². The lowest BCUT2D eigenvalue weighted by Gasteiger charge is -2.20. The molecule has 0 nitrogen and oxygen atoms in total. The molecule has 0 saturated carbocycles. The Kier molecular flexibility index (Phi) is 10.2. The molecule has 0 aliphatic heterocycles. The average molecular weight is 226 g/mol. The quantitative estimate of drug-likeness (QED) is 0.397. The summed E-state index contributed by atoms with van der Waals surface area (Å²) in [4.78, 5) is 0. The molecule has 0 bridgehead atoms. The fourth-order valence-corrected chi connectivity index (χ4v) is 2.28. The van der Waals surface area contributed by atoms with Gasteiger partial charge in [-0.1, -0.05) is 86.0 Å². The summed E-state index contributed by atoms with van der Waals surface area (Å²) in [6.45, 7) is 11.9. The molecule has 0 N–H and O–H groups in total. The van der Waals surface area contributed by atoms with E-state index in [0.29, 0.717) is 0 Å². The zero-order chi connectivity index (χ0) is 12.4. The van der Waals surface area contributed by atoms with Crippen molar-refractivity contribution in [2.24, 2.45) is 17.8 Å². The molecule has 0 saturated heterocycles. The van der Waals surface area contributed by atoms with Gasteiger partial charge in [0.15, 0.2) is 0 Å². The van der Waals surface area contributed by atoms with Crippen molar-refractivity contribution in [3.05, 3.63) is 0 Å². The van der Waals surface area contributed by atoms with Crippen LogP contribution in [0.1, 0.15) is 86.0 Å². The Hall–Kier alpha value is 0. The Morgan fingerprint density at radius 1 is 0.688 bits per heavy atom. The zero-order valence-electron chi connectivity index (χ0n) is 12.4. The van der Waals surface area contributed by atoms with Crippen LogP contribution < -0.4 is 0 Å². The molecule has 0 fully saturated rings. The largest absolute Gasteiger partial charge is 0.0654 e. The highest BCUT2D eigenvalue weighted by Crippen LogP contribution is 2.24. The third kappa shape index (κ3) is 8.19. The monoisotopic (exact) mass is 226 g/mol. The van der Waals surface area contributed by atoms with E-state index in [9.17, 15) is 0 Å². The first-order valence-corrected chi connectivity index (χ1v) is 7.61.